The van der Waals surface area contributed by atoms with Crippen LogP contribution in [0.4, 0.5) is 0 Å². The van der Waals surface area contributed by atoms with Crippen LogP contribution in [0.5, 0.6) is 0 Å². The van der Waals surface area contributed by atoms with E-state index in [4.69, 9.17) is 0 Å². The smallest absolute Gasteiger partial charge is 0.188 e. The molecule has 0 N–H and O–H groups in total. The third-order valence-electron chi connectivity index (χ3n) is 2.53. The minimum atomic E-state index is 0.0408. The lowest BCUT2D eigenvalue weighted by atomic mass is 10.1. The second kappa shape index (κ2) is 4.80. The number of benzene rings is 1. The van der Waals surface area contributed by atoms with E-state index < -0.39 is 0 Å². The molecular formula is C14H15NOS. The van der Waals surface area contributed by atoms with E-state index in [9.17, 15) is 4.79 Å². The fourth-order valence-corrected chi connectivity index (χ4v) is 2.66. The molecule has 1 aromatic carbocycles. The molecule has 0 saturated heterocycles. The van der Waals surface area contributed by atoms with Crippen LogP contribution in [0.3, 0.4) is 0 Å². The Bertz CT molecular complexity index is 528. The van der Waals surface area contributed by atoms with Gasteiger partial charge in [0.15, 0.2) is 10.8 Å². The maximum atomic E-state index is 11.4. The lowest BCUT2D eigenvalue weighted by molar-refractivity contribution is 0.101. The van der Waals surface area contributed by atoms with Gasteiger partial charge in [-0.3, -0.25) is 4.79 Å². The van der Waals surface area contributed by atoms with Crippen molar-refractivity contribution in [2.45, 2.75) is 26.7 Å². The first kappa shape index (κ1) is 12.0. The van der Waals surface area contributed by atoms with Crippen molar-refractivity contribution in [3.8, 4) is 11.3 Å². The van der Waals surface area contributed by atoms with Crippen LogP contribution in [-0.4, -0.2) is 10.8 Å². The van der Waals surface area contributed by atoms with E-state index in [2.05, 4.69) is 18.8 Å². The van der Waals surface area contributed by atoms with Crippen molar-refractivity contribution in [2.75, 3.05) is 0 Å². The predicted octanol–water partition coefficient (Wildman–Crippen LogP) is 4.14. The van der Waals surface area contributed by atoms with Gasteiger partial charge in [-0.1, -0.05) is 44.2 Å². The molecular weight excluding hydrogens is 230 g/mol. The highest BCUT2D eigenvalue weighted by molar-refractivity contribution is 7.14. The van der Waals surface area contributed by atoms with Gasteiger partial charge in [-0.2, -0.15) is 0 Å². The van der Waals surface area contributed by atoms with Crippen LogP contribution >= 0.6 is 11.3 Å². The van der Waals surface area contributed by atoms with Gasteiger partial charge >= 0.3 is 0 Å². The van der Waals surface area contributed by atoms with Gasteiger partial charge in [0, 0.05) is 17.4 Å². The van der Waals surface area contributed by atoms with Gasteiger partial charge < -0.3 is 0 Å². The van der Waals surface area contributed by atoms with Crippen LogP contribution in [-0.2, 0) is 0 Å². The van der Waals surface area contributed by atoms with Crippen molar-refractivity contribution >= 4 is 17.1 Å². The molecule has 17 heavy (non-hydrogen) atoms. The molecule has 3 heteroatoms. The topological polar surface area (TPSA) is 30.0 Å². The number of nitrogens with zero attached hydrogens (tertiary/aromatic N) is 1. The summed E-state index contributed by atoms with van der Waals surface area (Å²) < 4.78 is 0. The Morgan fingerprint density at radius 2 is 1.88 bits per heavy atom. The average molecular weight is 245 g/mol. The number of hydrogen-bond acceptors (Lipinski definition) is 3. The highest BCUT2D eigenvalue weighted by atomic mass is 32.1. The molecule has 0 amide bonds. The third-order valence-corrected chi connectivity index (χ3v) is 3.98. The predicted molar refractivity (Wildman–Crippen MR) is 71.6 cm³/mol. The molecule has 0 fully saturated rings. The van der Waals surface area contributed by atoms with Gasteiger partial charge in [0.05, 0.1) is 5.69 Å². The molecule has 2 nitrogen and oxygen atoms in total. The van der Waals surface area contributed by atoms with E-state index in [0.29, 0.717) is 10.9 Å². The molecule has 0 aliphatic heterocycles. The summed E-state index contributed by atoms with van der Waals surface area (Å²) in [6, 6.07) is 10.0. The molecule has 0 aliphatic rings. The number of thiazole rings is 1. The minimum absolute atomic E-state index is 0.0408. The maximum absolute atomic E-state index is 11.4. The van der Waals surface area contributed by atoms with E-state index in [-0.39, 0.29) is 5.78 Å². The molecule has 0 radical (unpaired) electrons. The Labute approximate surface area is 105 Å². The Kier molecular flexibility index (Phi) is 3.38. The lowest BCUT2D eigenvalue weighted by Crippen LogP contribution is -1.90. The number of carbonyl (C=O) groups excluding carboxylic acids is 1. The summed E-state index contributed by atoms with van der Waals surface area (Å²) in [7, 11) is 0. The fraction of sp³-hybridized carbons (Fsp3) is 0.286. The maximum Gasteiger partial charge on any atom is 0.188 e. The molecule has 1 heterocycles. The molecule has 0 aliphatic carbocycles. The average Bonchev–Trinajstić information content (AvgIpc) is 2.75. The molecule has 0 bridgehead atoms. The Hall–Kier alpha value is -1.48. The Morgan fingerprint density at radius 3 is 2.41 bits per heavy atom. The molecule has 1 aromatic heterocycles. The summed E-state index contributed by atoms with van der Waals surface area (Å²) in [6.07, 6.45) is 0. The van der Waals surface area contributed by atoms with Gasteiger partial charge in [-0.15, -0.1) is 11.3 Å². The van der Waals surface area contributed by atoms with Gasteiger partial charge in [0.2, 0.25) is 0 Å². The van der Waals surface area contributed by atoms with Crippen LogP contribution < -0.4 is 0 Å². The van der Waals surface area contributed by atoms with Gasteiger partial charge in [0.1, 0.15) is 0 Å². The second-order valence-corrected chi connectivity index (χ2v) is 5.34. The molecule has 0 unspecified atom stereocenters. The normalized spacial score (nSPS) is 10.8. The van der Waals surface area contributed by atoms with Crippen molar-refractivity contribution < 1.29 is 4.79 Å². The largest absolute Gasteiger partial charge is 0.292 e. The van der Waals surface area contributed by atoms with Crippen LogP contribution in [0, 0.1) is 0 Å². The number of Topliss-reactive ketones (excluding diaryl/α,β-unsaturated/α-hetero) is 1. The van der Waals surface area contributed by atoms with Crippen LogP contribution in [0.25, 0.3) is 11.3 Å². The van der Waals surface area contributed by atoms with Crippen LogP contribution in [0.1, 0.15) is 41.4 Å². The van der Waals surface area contributed by atoms with Crippen molar-refractivity contribution in [1.82, 2.24) is 4.98 Å². The first-order valence-corrected chi connectivity index (χ1v) is 6.48. The quantitative estimate of drug-likeness (QED) is 0.761. The summed E-state index contributed by atoms with van der Waals surface area (Å²) in [4.78, 5) is 17.1. The standard InChI is InChI=1S/C14H15NOS/c1-9(2)13-12(11-7-5-4-6-8-11)15-14(17-13)10(3)16/h4-9H,1-3H3. The van der Waals surface area contributed by atoms with E-state index in [0.717, 1.165) is 11.3 Å². The van der Waals surface area contributed by atoms with Crippen molar-refractivity contribution in [2.24, 2.45) is 0 Å². The van der Waals surface area contributed by atoms with E-state index in [1.165, 1.54) is 16.2 Å². The summed E-state index contributed by atoms with van der Waals surface area (Å²) >= 11 is 1.51. The van der Waals surface area contributed by atoms with E-state index >= 15 is 0 Å². The van der Waals surface area contributed by atoms with E-state index in [1.807, 2.05) is 30.3 Å². The van der Waals surface area contributed by atoms with Gasteiger partial charge in [-0.05, 0) is 5.92 Å². The Morgan fingerprint density at radius 1 is 1.24 bits per heavy atom. The molecule has 0 atom stereocenters. The molecule has 2 rings (SSSR count). The third kappa shape index (κ3) is 2.44. The second-order valence-electron chi connectivity index (χ2n) is 4.31. The first-order chi connectivity index (χ1) is 8.09. The first-order valence-electron chi connectivity index (χ1n) is 5.66. The zero-order valence-electron chi connectivity index (χ0n) is 10.2. The zero-order valence-corrected chi connectivity index (χ0v) is 11.0. The number of aromatic nitrogens is 1. The highest BCUT2D eigenvalue weighted by Crippen LogP contribution is 2.33. The number of rotatable bonds is 3. The summed E-state index contributed by atoms with van der Waals surface area (Å²) in [5.74, 6) is 0.426. The Balaban J connectivity index is 2.56. The number of hydrogen-bond donors (Lipinski definition) is 0. The molecule has 0 saturated carbocycles. The van der Waals surface area contributed by atoms with Gasteiger partial charge in [0.25, 0.3) is 0 Å². The zero-order chi connectivity index (χ0) is 12.4. The summed E-state index contributed by atoms with van der Waals surface area (Å²) in [5, 5.41) is 0.604. The monoisotopic (exact) mass is 245 g/mol. The molecule has 0 spiro atoms. The SMILES string of the molecule is CC(=O)c1nc(-c2ccccc2)c(C(C)C)s1. The number of carbonyl (C=O) groups is 1. The number of ketones is 1. The molecule has 2 aromatic rings. The molecule has 88 valence electrons. The summed E-state index contributed by atoms with van der Waals surface area (Å²) in [6.45, 7) is 5.82. The van der Waals surface area contributed by atoms with Crippen molar-refractivity contribution in [3.63, 3.8) is 0 Å². The lowest BCUT2D eigenvalue weighted by Gasteiger charge is -2.04. The van der Waals surface area contributed by atoms with Gasteiger partial charge in [-0.25, -0.2) is 4.98 Å². The van der Waals surface area contributed by atoms with Crippen LogP contribution in [0.15, 0.2) is 30.3 Å². The van der Waals surface area contributed by atoms with Crippen molar-refractivity contribution in [3.05, 3.63) is 40.2 Å². The highest BCUT2D eigenvalue weighted by Gasteiger charge is 2.17. The van der Waals surface area contributed by atoms with Crippen molar-refractivity contribution in [1.29, 1.82) is 0 Å². The van der Waals surface area contributed by atoms with E-state index in [1.54, 1.807) is 6.92 Å². The summed E-state index contributed by atoms with van der Waals surface area (Å²) in [5.41, 5.74) is 2.04. The fourth-order valence-electron chi connectivity index (χ4n) is 1.68. The minimum Gasteiger partial charge on any atom is -0.292 e. The van der Waals surface area contributed by atoms with Crippen LogP contribution in [0.2, 0.25) is 0 Å².